The molecule has 23 heavy (non-hydrogen) atoms. The van der Waals surface area contributed by atoms with Gasteiger partial charge in [0.2, 0.25) is 0 Å². The summed E-state index contributed by atoms with van der Waals surface area (Å²) < 4.78 is 10.5. The highest BCUT2D eigenvalue weighted by atomic mass is 16.5. The van der Waals surface area contributed by atoms with Crippen LogP contribution >= 0.6 is 0 Å². The molecule has 1 aliphatic carbocycles. The zero-order chi connectivity index (χ0) is 17.0. The van der Waals surface area contributed by atoms with Crippen LogP contribution in [-0.4, -0.2) is 25.2 Å². The Kier molecular flexibility index (Phi) is 5.85. The largest absolute Gasteiger partial charge is 0.463 e. The summed E-state index contributed by atoms with van der Waals surface area (Å²) in [4.78, 5) is 25.0. The van der Waals surface area contributed by atoms with Crippen molar-refractivity contribution >= 4 is 11.9 Å². The highest BCUT2D eigenvalue weighted by Gasteiger charge is 2.41. The van der Waals surface area contributed by atoms with E-state index in [-0.39, 0.29) is 17.9 Å². The Bertz CT molecular complexity index is 501. The van der Waals surface area contributed by atoms with Crippen molar-refractivity contribution in [3.05, 3.63) is 22.5 Å². The van der Waals surface area contributed by atoms with Gasteiger partial charge < -0.3 is 14.8 Å². The van der Waals surface area contributed by atoms with Gasteiger partial charge in [-0.15, -0.1) is 0 Å². The molecule has 0 aromatic heterocycles. The third-order valence-electron chi connectivity index (χ3n) is 4.67. The molecule has 0 amide bonds. The number of nitrogens with one attached hydrogen (secondary N) is 1. The van der Waals surface area contributed by atoms with Gasteiger partial charge in [0.05, 0.1) is 24.4 Å². The number of hydrogen-bond donors (Lipinski definition) is 1. The monoisotopic (exact) mass is 321 g/mol. The summed E-state index contributed by atoms with van der Waals surface area (Å²) in [7, 11) is 0. The van der Waals surface area contributed by atoms with Gasteiger partial charge in [0.25, 0.3) is 0 Å². The Morgan fingerprint density at radius 2 is 1.39 bits per heavy atom. The second-order valence-electron chi connectivity index (χ2n) is 6.17. The average molecular weight is 321 g/mol. The van der Waals surface area contributed by atoms with Crippen LogP contribution in [0.25, 0.3) is 0 Å². The second kappa shape index (κ2) is 7.66. The van der Waals surface area contributed by atoms with Crippen molar-refractivity contribution in [3.8, 4) is 0 Å². The van der Waals surface area contributed by atoms with E-state index in [1.54, 1.807) is 13.8 Å². The zero-order valence-electron chi connectivity index (χ0n) is 14.5. The minimum absolute atomic E-state index is 0.225. The summed E-state index contributed by atoms with van der Waals surface area (Å²) in [6.45, 7) is 7.98. The molecule has 0 spiro atoms. The molecule has 0 bridgehead atoms. The molecular formula is C18H27NO4. The smallest absolute Gasteiger partial charge is 0.336 e. The molecule has 1 fully saturated rings. The van der Waals surface area contributed by atoms with Gasteiger partial charge in [-0.3, -0.25) is 0 Å². The third-order valence-corrected chi connectivity index (χ3v) is 4.67. The van der Waals surface area contributed by atoms with E-state index in [2.05, 4.69) is 5.32 Å². The normalized spacial score (nSPS) is 19.8. The van der Waals surface area contributed by atoms with Crippen molar-refractivity contribution < 1.29 is 19.1 Å². The molecule has 0 radical (unpaired) electrons. The van der Waals surface area contributed by atoms with Gasteiger partial charge in [0, 0.05) is 17.3 Å². The molecular weight excluding hydrogens is 294 g/mol. The van der Waals surface area contributed by atoms with Crippen LogP contribution in [0.3, 0.4) is 0 Å². The van der Waals surface area contributed by atoms with Crippen LogP contribution in [-0.2, 0) is 19.1 Å². The lowest BCUT2D eigenvalue weighted by atomic mass is 9.76. The summed E-state index contributed by atoms with van der Waals surface area (Å²) in [5, 5.41) is 3.17. The van der Waals surface area contributed by atoms with Gasteiger partial charge >= 0.3 is 11.9 Å². The standard InChI is InChI=1S/C18H27NO4/c1-5-22-17(20)14-11(3)19-12(4)15(18(21)23-6-2)16(14)13-9-7-8-10-13/h13,16,19H,5-10H2,1-4H3. The first-order valence-corrected chi connectivity index (χ1v) is 8.54. The predicted molar refractivity (Wildman–Crippen MR) is 87.2 cm³/mol. The van der Waals surface area contributed by atoms with Crippen molar-refractivity contribution in [1.82, 2.24) is 5.32 Å². The maximum atomic E-state index is 12.5. The molecule has 2 rings (SSSR count). The minimum Gasteiger partial charge on any atom is -0.463 e. The minimum atomic E-state index is -0.330. The van der Waals surface area contributed by atoms with E-state index in [0.29, 0.717) is 30.3 Å². The zero-order valence-corrected chi connectivity index (χ0v) is 14.5. The maximum absolute atomic E-state index is 12.5. The molecule has 0 unspecified atom stereocenters. The van der Waals surface area contributed by atoms with Gasteiger partial charge in [-0.2, -0.15) is 0 Å². The van der Waals surface area contributed by atoms with Crippen molar-refractivity contribution in [2.75, 3.05) is 13.2 Å². The van der Waals surface area contributed by atoms with Gasteiger partial charge in [0.1, 0.15) is 0 Å². The average Bonchev–Trinajstić information content (AvgIpc) is 3.00. The topological polar surface area (TPSA) is 64.6 Å². The van der Waals surface area contributed by atoms with Crippen LogP contribution < -0.4 is 5.32 Å². The van der Waals surface area contributed by atoms with Crippen LogP contribution in [0.5, 0.6) is 0 Å². The van der Waals surface area contributed by atoms with Crippen molar-refractivity contribution in [3.63, 3.8) is 0 Å². The Balaban J connectivity index is 2.45. The van der Waals surface area contributed by atoms with E-state index >= 15 is 0 Å². The summed E-state index contributed by atoms with van der Waals surface area (Å²) >= 11 is 0. The molecule has 5 heteroatoms. The summed E-state index contributed by atoms with van der Waals surface area (Å²) in [5.41, 5.74) is 2.75. The highest BCUT2D eigenvalue weighted by molar-refractivity contribution is 5.97. The number of allylic oxidation sites excluding steroid dienone is 2. The Labute approximate surface area is 138 Å². The molecule has 0 aromatic rings. The summed E-state index contributed by atoms with van der Waals surface area (Å²) in [6.07, 6.45) is 4.33. The van der Waals surface area contributed by atoms with E-state index in [1.165, 1.54) is 0 Å². The van der Waals surface area contributed by atoms with Gasteiger partial charge in [-0.25, -0.2) is 9.59 Å². The summed E-state index contributed by atoms with van der Waals surface area (Å²) in [5.74, 6) is -0.593. The molecule has 0 saturated heterocycles. The van der Waals surface area contributed by atoms with Crippen LogP contribution in [0.1, 0.15) is 53.4 Å². The Morgan fingerprint density at radius 1 is 0.957 bits per heavy atom. The fraction of sp³-hybridized carbons (Fsp3) is 0.667. The molecule has 1 N–H and O–H groups in total. The highest BCUT2D eigenvalue weighted by Crippen LogP contribution is 2.43. The number of ether oxygens (including phenoxy) is 2. The first kappa shape index (κ1) is 17.6. The van der Waals surface area contributed by atoms with E-state index in [1.807, 2.05) is 13.8 Å². The molecule has 0 atom stereocenters. The second-order valence-corrected chi connectivity index (χ2v) is 6.17. The molecule has 5 nitrogen and oxygen atoms in total. The third kappa shape index (κ3) is 3.59. The number of dihydropyridines is 1. The van der Waals surface area contributed by atoms with E-state index < -0.39 is 0 Å². The van der Waals surface area contributed by atoms with E-state index in [0.717, 1.165) is 37.1 Å². The number of rotatable bonds is 5. The molecule has 1 aliphatic heterocycles. The van der Waals surface area contributed by atoms with Crippen molar-refractivity contribution in [2.45, 2.75) is 53.4 Å². The van der Waals surface area contributed by atoms with Gasteiger partial charge in [-0.05, 0) is 46.5 Å². The lowest BCUT2D eigenvalue weighted by molar-refractivity contribution is -0.140. The van der Waals surface area contributed by atoms with Gasteiger partial charge in [0.15, 0.2) is 0 Å². The predicted octanol–water partition coefficient (Wildman–Crippen LogP) is 3.07. The van der Waals surface area contributed by atoms with Crippen LogP contribution in [0, 0.1) is 11.8 Å². The van der Waals surface area contributed by atoms with Crippen LogP contribution in [0.15, 0.2) is 22.5 Å². The molecule has 0 aromatic carbocycles. The number of carbonyl (C=O) groups is 2. The van der Waals surface area contributed by atoms with E-state index in [4.69, 9.17) is 9.47 Å². The number of hydrogen-bond acceptors (Lipinski definition) is 5. The molecule has 128 valence electrons. The number of carbonyl (C=O) groups excluding carboxylic acids is 2. The SMILES string of the molecule is CCOC(=O)C1=C(C)NC(C)=C(C(=O)OCC)C1C1CCCC1. The quantitative estimate of drug-likeness (QED) is 0.788. The maximum Gasteiger partial charge on any atom is 0.336 e. The van der Waals surface area contributed by atoms with Crippen molar-refractivity contribution in [2.24, 2.45) is 11.8 Å². The molecule has 1 heterocycles. The Hall–Kier alpha value is -1.78. The van der Waals surface area contributed by atoms with Gasteiger partial charge in [-0.1, -0.05) is 12.8 Å². The van der Waals surface area contributed by atoms with Crippen molar-refractivity contribution in [1.29, 1.82) is 0 Å². The first-order valence-electron chi connectivity index (χ1n) is 8.54. The lowest BCUT2D eigenvalue weighted by Crippen LogP contribution is -2.36. The fourth-order valence-electron chi connectivity index (χ4n) is 3.77. The first-order chi connectivity index (χ1) is 11.0. The van der Waals surface area contributed by atoms with E-state index in [9.17, 15) is 9.59 Å². The van der Waals surface area contributed by atoms with Crippen LogP contribution in [0.4, 0.5) is 0 Å². The molecule has 1 saturated carbocycles. The lowest BCUT2D eigenvalue weighted by Gasteiger charge is -2.33. The number of esters is 2. The summed E-state index contributed by atoms with van der Waals surface area (Å²) in [6, 6.07) is 0. The molecule has 2 aliphatic rings. The Morgan fingerprint density at radius 3 is 1.78 bits per heavy atom. The van der Waals surface area contributed by atoms with Crippen LogP contribution in [0.2, 0.25) is 0 Å². The fourth-order valence-corrected chi connectivity index (χ4v) is 3.77.